The number of aromatic nitrogens is 4. The van der Waals surface area contributed by atoms with Crippen molar-refractivity contribution in [2.45, 2.75) is 19.4 Å². The predicted octanol–water partition coefficient (Wildman–Crippen LogP) is 3.02. The van der Waals surface area contributed by atoms with E-state index in [1.54, 1.807) is 26.3 Å². The molecule has 11 nitrogen and oxygen atoms in total. The van der Waals surface area contributed by atoms with E-state index in [2.05, 4.69) is 36.1 Å². The fourth-order valence-electron chi connectivity index (χ4n) is 4.01. The van der Waals surface area contributed by atoms with Crippen LogP contribution in [0.3, 0.4) is 0 Å². The van der Waals surface area contributed by atoms with Gasteiger partial charge in [0.1, 0.15) is 17.1 Å². The van der Waals surface area contributed by atoms with Gasteiger partial charge in [0.05, 0.1) is 19.8 Å². The predicted molar refractivity (Wildman–Crippen MR) is 132 cm³/mol. The van der Waals surface area contributed by atoms with Crippen LogP contribution in [0.25, 0.3) is 11.5 Å². The first-order valence-corrected chi connectivity index (χ1v) is 11.4. The first-order chi connectivity index (χ1) is 17.5. The highest BCUT2D eigenvalue weighted by atomic mass is 16.5. The Bertz CT molecular complexity index is 1400. The second-order valence-corrected chi connectivity index (χ2v) is 8.26. The summed E-state index contributed by atoms with van der Waals surface area (Å²) in [5.74, 6) is 2.05. The zero-order valence-corrected chi connectivity index (χ0v) is 19.8. The van der Waals surface area contributed by atoms with Crippen molar-refractivity contribution in [1.29, 1.82) is 0 Å². The highest BCUT2D eigenvalue weighted by Gasteiger charge is 2.21. The van der Waals surface area contributed by atoms with Gasteiger partial charge in [-0.05, 0) is 54.8 Å². The molecule has 0 aliphatic carbocycles. The SMILES string of the molecule is COc1cccc([C@@H](CO)Nc2nc(Nc3ccc4c(c3)CCNC4=O)ncc2-c2nc(C)no2)c1. The summed E-state index contributed by atoms with van der Waals surface area (Å²) in [5.41, 5.74) is 3.68. The van der Waals surface area contributed by atoms with Gasteiger partial charge in [-0.15, -0.1) is 0 Å². The molecule has 3 heterocycles. The molecule has 4 N–H and O–H groups in total. The summed E-state index contributed by atoms with van der Waals surface area (Å²) in [6, 6.07) is 12.4. The summed E-state index contributed by atoms with van der Waals surface area (Å²) < 4.78 is 10.7. The van der Waals surface area contributed by atoms with Gasteiger partial charge in [0, 0.05) is 24.0 Å². The number of carbonyl (C=O) groups excluding carboxylic acids is 1. The number of aryl methyl sites for hydroxylation is 1. The van der Waals surface area contributed by atoms with Crippen LogP contribution < -0.4 is 20.7 Å². The molecule has 2 aromatic heterocycles. The number of amides is 1. The van der Waals surface area contributed by atoms with E-state index in [-0.39, 0.29) is 18.4 Å². The highest BCUT2D eigenvalue weighted by molar-refractivity contribution is 5.97. The number of aliphatic hydroxyl groups excluding tert-OH is 1. The van der Waals surface area contributed by atoms with Gasteiger partial charge in [-0.2, -0.15) is 9.97 Å². The minimum Gasteiger partial charge on any atom is -0.497 e. The van der Waals surface area contributed by atoms with Gasteiger partial charge in [0.15, 0.2) is 5.82 Å². The molecule has 184 valence electrons. The van der Waals surface area contributed by atoms with Crippen LogP contribution in [0.15, 0.2) is 53.2 Å². The van der Waals surface area contributed by atoms with Crippen molar-refractivity contribution in [3.05, 3.63) is 71.2 Å². The fraction of sp³-hybridized carbons (Fsp3) is 0.240. The van der Waals surface area contributed by atoms with Gasteiger partial charge >= 0.3 is 0 Å². The van der Waals surface area contributed by atoms with Crippen LogP contribution in [0, 0.1) is 6.92 Å². The van der Waals surface area contributed by atoms with Crippen LogP contribution in [-0.2, 0) is 6.42 Å². The molecule has 36 heavy (non-hydrogen) atoms. The van der Waals surface area contributed by atoms with Crippen LogP contribution in [0.2, 0.25) is 0 Å². The van der Waals surface area contributed by atoms with Crippen LogP contribution in [0.1, 0.15) is 33.4 Å². The summed E-state index contributed by atoms with van der Waals surface area (Å²) in [4.78, 5) is 25.4. The average molecular weight is 488 g/mol. The van der Waals surface area contributed by atoms with Crippen molar-refractivity contribution >= 4 is 23.4 Å². The van der Waals surface area contributed by atoms with Crippen molar-refractivity contribution in [2.75, 3.05) is 30.9 Å². The third-order valence-electron chi connectivity index (χ3n) is 5.82. The van der Waals surface area contributed by atoms with Crippen LogP contribution in [0.5, 0.6) is 5.75 Å². The summed E-state index contributed by atoms with van der Waals surface area (Å²) in [6.45, 7) is 2.13. The molecular weight excluding hydrogens is 462 g/mol. The molecule has 2 aromatic carbocycles. The topological polar surface area (TPSA) is 147 Å². The molecule has 0 bridgehead atoms. The Kier molecular flexibility index (Phi) is 6.46. The lowest BCUT2D eigenvalue weighted by atomic mass is 10.00. The molecule has 0 fully saturated rings. The smallest absolute Gasteiger partial charge is 0.263 e. The minimum atomic E-state index is -0.493. The molecule has 5 rings (SSSR count). The summed E-state index contributed by atoms with van der Waals surface area (Å²) in [5, 5.41) is 23.3. The zero-order valence-electron chi connectivity index (χ0n) is 19.8. The number of carbonyl (C=O) groups is 1. The van der Waals surface area contributed by atoms with Crippen molar-refractivity contribution in [3.63, 3.8) is 0 Å². The molecule has 4 aromatic rings. The first-order valence-electron chi connectivity index (χ1n) is 11.4. The quantitative estimate of drug-likeness (QED) is 0.292. The Labute approximate surface area is 206 Å². The molecule has 0 saturated carbocycles. The number of hydrogen-bond acceptors (Lipinski definition) is 10. The third-order valence-corrected chi connectivity index (χ3v) is 5.82. The Morgan fingerprint density at radius 2 is 2.08 bits per heavy atom. The number of rotatable bonds is 8. The maximum atomic E-state index is 12.0. The molecule has 0 unspecified atom stereocenters. The number of ether oxygens (including phenoxy) is 1. The largest absolute Gasteiger partial charge is 0.497 e. The van der Waals surface area contributed by atoms with Gasteiger partial charge in [-0.1, -0.05) is 17.3 Å². The van der Waals surface area contributed by atoms with E-state index in [4.69, 9.17) is 9.26 Å². The molecule has 0 spiro atoms. The highest BCUT2D eigenvalue weighted by Crippen LogP contribution is 2.30. The number of hydrogen-bond donors (Lipinski definition) is 4. The van der Waals surface area contributed by atoms with Gasteiger partial charge in [0.25, 0.3) is 11.8 Å². The molecule has 1 aliphatic rings. The van der Waals surface area contributed by atoms with Crippen molar-refractivity contribution < 1.29 is 19.2 Å². The van der Waals surface area contributed by atoms with E-state index in [0.717, 1.165) is 23.2 Å². The molecule has 11 heteroatoms. The van der Waals surface area contributed by atoms with Gasteiger partial charge in [-0.3, -0.25) is 4.79 Å². The molecule has 0 saturated heterocycles. The lowest BCUT2D eigenvalue weighted by molar-refractivity contribution is 0.0946. The normalized spacial score (nSPS) is 13.5. The molecule has 0 radical (unpaired) electrons. The molecule has 1 amide bonds. The monoisotopic (exact) mass is 487 g/mol. The minimum absolute atomic E-state index is 0.0719. The van der Waals surface area contributed by atoms with Crippen LogP contribution >= 0.6 is 0 Å². The molecular formula is C25H25N7O4. The van der Waals surface area contributed by atoms with Crippen molar-refractivity contribution in [3.8, 4) is 17.2 Å². The second-order valence-electron chi connectivity index (χ2n) is 8.26. The van der Waals surface area contributed by atoms with Crippen LogP contribution in [-0.4, -0.2) is 51.4 Å². The Balaban J connectivity index is 1.48. The number of nitrogens with zero attached hydrogens (tertiary/aromatic N) is 4. The number of methoxy groups -OCH3 is 1. The zero-order chi connectivity index (χ0) is 25.1. The lowest BCUT2D eigenvalue weighted by Crippen LogP contribution is -2.31. The van der Waals surface area contributed by atoms with Crippen LogP contribution in [0.4, 0.5) is 17.5 Å². The number of aliphatic hydroxyl groups is 1. The number of nitrogens with one attached hydrogen (secondary N) is 3. The Hall–Kier alpha value is -4.51. The van der Waals surface area contributed by atoms with E-state index >= 15 is 0 Å². The van der Waals surface area contributed by atoms with E-state index in [1.807, 2.05) is 36.4 Å². The van der Waals surface area contributed by atoms with E-state index < -0.39 is 6.04 Å². The summed E-state index contributed by atoms with van der Waals surface area (Å²) in [7, 11) is 1.59. The molecule has 1 atom stereocenters. The van der Waals surface area contributed by atoms with Gasteiger partial charge < -0.3 is 30.3 Å². The Morgan fingerprint density at radius 1 is 1.19 bits per heavy atom. The standard InChI is InChI=1S/C25H25N7O4/c1-14-28-24(36-32-14)20-12-27-25(29-17-6-7-19-15(10-17)8-9-26-23(19)34)31-22(20)30-21(13-33)16-4-3-5-18(11-16)35-2/h3-7,10-12,21,33H,8-9,13H2,1-2H3,(H,26,34)(H2,27,29,30,31)/t21-/m1/s1. The second kappa shape index (κ2) is 10.0. The maximum absolute atomic E-state index is 12.0. The number of anilines is 3. The molecule has 1 aliphatic heterocycles. The summed E-state index contributed by atoms with van der Waals surface area (Å²) in [6.07, 6.45) is 2.33. The van der Waals surface area contributed by atoms with E-state index in [1.165, 1.54) is 0 Å². The maximum Gasteiger partial charge on any atom is 0.263 e. The third kappa shape index (κ3) is 4.82. The lowest BCUT2D eigenvalue weighted by Gasteiger charge is -2.20. The number of fused-ring (bicyclic) bond motifs is 1. The van der Waals surface area contributed by atoms with Crippen molar-refractivity contribution in [1.82, 2.24) is 25.4 Å². The average Bonchev–Trinajstić information content (AvgIpc) is 3.33. The number of benzene rings is 2. The van der Waals surface area contributed by atoms with Gasteiger partial charge in [-0.25, -0.2) is 4.98 Å². The fourth-order valence-corrected chi connectivity index (χ4v) is 4.01. The Morgan fingerprint density at radius 3 is 2.86 bits per heavy atom. The summed E-state index contributed by atoms with van der Waals surface area (Å²) >= 11 is 0. The van der Waals surface area contributed by atoms with E-state index in [9.17, 15) is 9.90 Å². The first kappa shape index (κ1) is 23.2. The van der Waals surface area contributed by atoms with Crippen molar-refractivity contribution in [2.24, 2.45) is 0 Å². The van der Waals surface area contributed by atoms with E-state index in [0.29, 0.717) is 41.0 Å². The van der Waals surface area contributed by atoms with Gasteiger partial charge in [0.2, 0.25) is 5.95 Å².